The van der Waals surface area contributed by atoms with Crippen LogP contribution in [0.4, 0.5) is 0 Å². The molecule has 0 aliphatic rings. The summed E-state index contributed by atoms with van der Waals surface area (Å²) in [6.45, 7) is 4.56. The van der Waals surface area contributed by atoms with E-state index in [-0.39, 0.29) is 0 Å². The van der Waals surface area contributed by atoms with Crippen molar-refractivity contribution >= 4 is 0 Å². The quantitative estimate of drug-likeness (QED) is 0.422. The number of rotatable bonds is 12. The van der Waals surface area contributed by atoms with Gasteiger partial charge in [0.05, 0.1) is 0 Å². The molecule has 0 saturated carbocycles. The Labute approximate surface area is 104 Å². The summed E-state index contributed by atoms with van der Waals surface area (Å²) in [4.78, 5) is 2.16. The third kappa shape index (κ3) is 14.0. The van der Waals surface area contributed by atoms with Crippen molar-refractivity contribution in [1.29, 1.82) is 0 Å². The number of nitrogens with zero attached hydrogens (tertiary/aromatic N) is 1. The van der Waals surface area contributed by atoms with Crippen molar-refractivity contribution in [3.05, 3.63) is 6.54 Å². The van der Waals surface area contributed by atoms with Gasteiger partial charge in [-0.25, -0.2) is 0 Å². The average Bonchev–Trinajstić information content (AvgIpc) is 2.25. The average molecular weight is 226 g/mol. The molecule has 0 aliphatic carbocycles. The Hall–Kier alpha value is -0.0400. The van der Waals surface area contributed by atoms with Crippen molar-refractivity contribution in [1.82, 2.24) is 4.90 Å². The molecule has 97 valence electrons. The highest BCUT2D eigenvalue weighted by Gasteiger charge is 1.94. The van der Waals surface area contributed by atoms with Gasteiger partial charge in [-0.15, -0.1) is 0 Å². The van der Waals surface area contributed by atoms with Crippen molar-refractivity contribution in [2.75, 3.05) is 14.1 Å². The highest BCUT2D eigenvalue weighted by atomic mass is 15.0. The Morgan fingerprint density at radius 3 is 1.56 bits per heavy atom. The summed E-state index contributed by atoms with van der Waals surface area (Å²) >= 11 is 0. The standard InChI is InChI=1S/C15H32N/c1-4-5-6-7-8-9-10-11-12-13-14-15-16(2)3/h15H,4-14H2,1-3H3. The van der Waals surface area contributed by atoms with E-state index in [0.29, 0.717) is 0 Å². The number of hydrogen-bond acceptors (Lipinski definition) is 1. The van der Waals surface area contributed by atoms with Crippen molar-refractivity contribution < 1.29 is 0 Å². The highest BCUT2D eigenvalue weighted by molar-refractivity contribution is 4.60. The molecule has 0 unspecified atom stereocenters. The number of hydrogen-bond donors (Lipinski definition) is 0. The second-order valence-corrected chi connectivity index (χ2v) is 5.12. The molecule has 0 fully saturated rings. The van der Waals surface area contributed by atoms with E-state index in [2.05, 4.69) is 32.5 Å². The predicted molar refractivity (Wildman–Crippen MR) is 74.4 cm³/mol. The van der Waals surface area contributed by atoms with Crippen LogP contribution in [-0.2, 0) is 0 Å². The summed E-state index contributed by atoms with van der Waals surface area (Å²) in [6, 6.07) is 0. The minimum absolute atomic E-state index is 1.25. The van der Waals surface area contributed by atoms with Crippen LogP contribution in [0.3, 0.4) is 0 Å². The third-order valence-corrected chi connectivity index (χ3v) is 3.05. The Balaban J connectivity index is 2.88. The molecule has 0 aromatic heterocycles. The molecule has 0 aromatic rings. The maximum absolute atomic E-state index is 2.28. The lowest BCUT2D eigenvalue weighted by Gasteiger charge is -2.07. The first-order chi connectivity index (χ1) is 7.77. The van der Waals surface area contributed by atoms with Gasteiger partial charge in [0.1, 0.15) is 0 Å². The lowest BCUT2D eigenvalue weighted by Crippen LogP contribution is -2.06. The maximum atomic E-state index is 2.28. The third-order valence-electron chi connectivity index (χ3n) is 3.05. The molecular formula is C15H32N. The molecule has 0 amide bonds. The largest absolute Gasteiger partial charge is 0.305 e. The molecule has 0 bridgehead atoms. The normalized spacial score (nSPS) is 11.2. The molecule has 0 saturated heterocycles. The summed E-state index contributed by atoms with van der Waals surface area (Å²) in [5.74, 6) is 0. The summed E-state index contributed by atoms with van der Waals surface area (Å²) in [7, 11) is 4.21. The Kier molecular flexibility index (Phi) is 13.0. The van der Waals surface area contributed by atoms with Crippen molar-refractivity contribution in [3.63, 3.8) is 0 Å². The fourth-order valence-corrected chi connectivity index (χ4v) is 1.98. The zero-order chi connectivity index (χ0) is 12.1. The molecule has 1 nitrogen and oxygen atoms in total. The molecule has 1 radical (unpaired) electrons. The first-order valence-electron chi connectivity index (χ1n) is 7.27. The van der Waals surface area contributed by atoms with E-state index in [4.69, 9.17) is 0 Å². The number of unbranched alkanes of at least 4 members (excludes halogenated alkanes) is 10. The van der Waals surface area contributed by atoms with Crippen molar-refractivity contribution in [2.24, 2.45) is 0 Å². The minimum atomic E-state index is 1.25. The van der Waals surface area contributed by atoms with Crippen LogP contribution in [0.5, 0.6) is 0 Å². The Morgan fingerprint density at radius 2 is 1.12 bits per heavy atom. The van der Waals surface area contributed by atoms with Crippen LogP contribution in [0, 0.1) is 6.54 Å². The van der Waals surface area contributed by atoms with E-state index in [1.165, 1.54) is 70.6 Å². The lowest BCUT2D eigenvalue weighted by molar-refractivity contribution is 0.461. The molecule has 0 aromatic carbocycles. The molecule has 0 heterocycles. The van der Waals surface area contributed by atoms with E-state index in [9.17, 15) is 0 Å². The van der Waals surface area contributed by atoms with Gasteiger partial charge < -0.3 is 4.90 Å². The van der Waals surface area contributed by atoms with Crippen LogP contribution in [0.25, 0.3) is 0 Å². The van der Waals surface area contributed by atoms with Gasteiger partial charge >= 0.3 is 0 Å². The SMILES string of the molecule is CCCCCCCCCCCC[CH]N(C)C. The summed E-state index contributed by atoms with van der Waals surface area (Å²) in [5, 5.41) is 0. The predicted octanol–water partition coefficient (Wildman–Crippen LogP) is 5.02. The van der Waals surface area contributed by atoms with Crippen LogP contribution < -0.4 is 0 Å². The van der Waals surface area contributed by atoms with Gasteiger partial charge in [0.15, 0.2) is 0 Å². The zero-order valence-corrected chi connectivity index (χ0v) is 11.8. The topological polar surface area (TPSA) is 3.24 Å². The summed E-state index contributed by atoms with van der Waals surface area (Å²) in [6.07, 6.45) is 15.6. The first-order valence-corrected chi connectivity index (χ1v) is 7.27. The van der Waals surface area contributed by atoms with E-state index in [1.807, 2.05) is 0 Å². The Bertz CT molecular complexity index is 121. The van der Waals surface area contributed by atoms with Gasteiger partial charge in [0, 0.05) is 6.54 Å². The van der Waals surface area contributed by atoms with E-state index >= 15 is 0 Å². The van der Waals surface area contributed by atoms with Gasteiger partial charge in [-0.3, -0.25) is 0 Å². The molecule has 0 aliphatic heterocycles. The van der Waals surface area contributed by atoms with Gasteiger partial charge in [-0.05, 0) is 20.5 Å². The van der Waals surface area contributed by atoms with Gasteiger partial charge in [-0.2, -0.15) is 0 Å². The van der Waals surface area contributed by atoms with E-state index in [1.54, 1.807) is 0 Å². The van der Waals surface area contributed by atoms with Crippen LogP contribution in [0.2, 0.25) is 0 Å². The van der Waals surface area contributed by atoms with Crippen molar-refractivity contribution in [3.8, 4) is 0 Å². The van der Waals surface area contributed by atoms with Crippen LogP contribution >= 0.6 is 0 Å². The second kappa shape index (κ2) is 13.0. The summed E-state index contributed by atoms with van der Waals surface area (Å²) < 4.78 is 0. The van der Waals surface area contributed by atoms with Gasteiger partial charge in [-0.1, -0.05) is 71.1 Å². The molecule has 0 rings (SSSR count). The monoisotopic (exact) mass is 226 g/mol. The maximum Gasteiger partial charge on any atom is 0.0245 e. The van der Waals surface area contributed by atoms with Gasteiger partial charge in [0.25, 0.3) is 0 Å². The fraction of sp³-hybridized carbons (Fsp3) is 0.933. The molecule has 0 atom stereocenters. The van der Waals surface area contributed by atoms with Gasteiger partial charge in [0.2, 0.25) is 0 Å². The lowest BCUT2D eigenvalue weighted by atomic mass is 10.1. The van der Waals surface area contributed by atoms with Crippen LogP contribution in [0.15, 0.2) is 0 Å². The summed E-state index contributed by atoms with van der Waals surface area (Å²) in [5.41, 5.74) is 0. The van der Waals surface area contributed by atoms with Crippen LogP contribution in [0.1, 0.15) is 77.6 Å². The minimum Gasteiger partial charge on any atom is -0.305 e. The molecule has 16 heavy (non-hydrogen) atoms. The molecular weight excluding hydrogens is 194 g/mol. The zero-order valence-electron chi connectivity index (χ0n) is 11.8. The van der Waals surface area contributed by atoms with E-state index in [0.717, 1.165) is 0 Å². The molecule has 0 spiro atoms. The molecule has 0 N–H and O–H groups in total. The highest BCUT2D eigenvalue weighted by Crippen LogP contribution is 2.11. The van der Waals surface area contributed by atoms with E-state index < -0.39 is 0 Å². The fourth-order valence-electron chi connectivity index (χ4n) is 1.98. The van der Waals surface area contributed by atoms with Crippen molar-refractivity contribution in [2.45, 2.75) is 77.6 Å². The first kappa shape index (κ1) is 16.0. The van der Waals surface area contributed by atoms with Crippen LogP contribution in [-0.4, -0.2) is 19.0 Å². The Morgan fingerprint density at radius 1 is 0.688 bits per heavy atom. The smallest absolute Gasteiger partial charge is 0.0245 e. The molecule has 1 heteroatoms. The second-order valence-electron chi connectivity index (χ2n) is 5.12.